The molecule has 0 bridgehead atoms. The summed E-state index contributed by atoms with van der Waals surface area (Å²) in [6.45, 7) is -0.185. The zero-order valence-electron chi connectivity index (χ0n) is 20.2. The second-order valence-electron chi connectivity index (χ2n) is 8.49. The van der Waals surface area contributed by atoms with E-state index in [4.69, 9.17) is 4.74 Å². The molecule has 1 aliphatic carbocycles. The van der Waals surface area contributed by atoms with Crippen molar-refractivity contribution in [2.45, 2.75) is 5.92 Å². The van der Waals surface area contributed by atoms with E-state index in [1.807, 2.05) is 6.07 Å². The fraction of sp³-hybridized carbons (Fsp3) is 0.154. The predicted octanol–water partition coefficient (Wildman–Crippen LogP) is 4.03. The van der Waals surface area contributed by atoms with E-state index in [2.05, 4.69) is 15.6 Å². The van der Waals surface area contributed by atoms with Crippen LogP contribution in [0, 0.1) is 23.0 Å². The number of ether oxygens (including phenoxy) is 1. The molecule has 1 heterocycles. The molecular weight excluding hydrogens is 537 g/mol. The Morgan fingerprint density at radius 3 is 2.62 bits per heavy atom. The maximum Gasteiger partial charge on any atom is 0.323 e. The van der Waals surface area contributed by atoms with E-state index in [1.165, 1.54) is 36.5 Å². The summed E-state index contributed by atoms with van der Waals surface area (Å²) in [5.41, 5.74) is -0.117. The van der Waals surface area contributed by atoms with E-state index >= 15 is 4.39 Å². The predicted molar refractivity (Wildman–Crippen MR) is 135 cm³/mol. The first-order chi connectivity index (χ1) is 18.5. The van der Waals surface area contributed by atoms with Gasteiger partial charge >= 0.3 is 6.03 Å². The summed E-state index contributed by atoms with van der Waals surface area (Å²) in [5.74, 6) is -5.42. The van der Waals surface area contributed by atoms with Gasteiger partial charge in [0.25, 0.3) is 0 Å². The Morgan fingerprint density at radius 2 is 1.92 bits per heavy atom. The second-order valence-corrected chi connectivity index (χ2v) is 10.7. The lowest BCUT2D eigenvalue weighted by molar-refractivity contribution is -0.117. The molecule has 9 nitrogen and oxygen atoms in total. The summed E-state index contributed by atoms with van der Waals surface area (Å²) in [6.07, 6.45) is 4.95. The van der Waals surface area contributed by atoms with Crippen molar-refractivity contribution in [3.05, 3.63) is 89.0 Å². The van der Waals surface area contributed by atoms with Crippen LogP contribution in [0.5, 0.6) is 5.75 Å². The highest BCUT2D eigenvalue weighted by atomic mass is 32.2. The second kappa shape index (κ2) is 11.0. The van der Waals surface area contributed by atoms with Crippen LogP contribution in [0.1, 0.15) is 17.0 Å². The smallest absolute Gasteiger partial charge is 0.323 e. The van der Waals surface area contributed by atoms with Crippen LogP contribution in [0.2, 0.25) is 0 Å². The molecule has 0 aliphatic heterocycles. The van der Waals surface area contributed by atoms with Gasteiger partial charge in [0.15, 0.2) is 15.7 Å². The van der Waals surface area contributed by atoms with Crippen LogP contribution in [0.4, 0.5) is 23.7 Å². The molecule has 1 aliphatic rings. The molecule has 2 N–H and O–H groups in total. The molecule has 3 aromatic rings. The number of nitrogens with zero attached hydrogens (tertiary/aromatic N) is 2. The number of benzene rings is 2. The number of anilines is 1. The summed E-state index contributed by atoms with van der Waals surface area (Å²) < 4.78 is 70.1. The molecule has 200 valence electrons. The van der Waals surface area contributed by atoms with Crippen molar-refractivity contribution >= 4 is 38.2 Å². The number of allylic oxidation sites excluding steroid dienone is 3. The maximum atomic E-state index is 15.0. The van der Waals surface area contributed by atoms with Gasteiger partial charge in [-0.1, -0.05) is 6.08 Å². The normalized spacial score (nSPS) is 15.3. The van der Waals surface area contributed by atoms with Gasteiger partial charge in [-0.15, -0.1) is 0 Å². The number of amides is 2. The molecular formula is C26H19F3N4O5S. The van der Waals surface area contributed by atoms with Crippen molar-refractivity contribution in [2.75, 3.05) is 23.9 Å². The lowest BCUT2D eigenvalue weighted by Gasteiger charge is -2.20. The average molecular weight is 557 g/mol. The van der Waals surface area contributed by atoms with Crippen LogP contribution in [0.25, 0.3) is 10.9 Å². The van der Waals surface area contributed by atoms with Gasteiger partial charge in [0.1, 0.15) is 30.1 Å². The fourth-order valence-electron chi connectivity index (χ4n) is 3.81. The van der Waals surface area contributed by atoms with Crippen molar-refractivity contribution in [1.29, 1.82) is 5.26 Å². The van der Waals surface area contributed by atoms with Crippen LogP contribution < -0.4 is 15.4 Å². The molecule has 1 unspecified atom stereocenters. The average Bonchev–Trinajstić information content (AvgIpc) is 2.87. The highest BCUT2D eigenvalue weighted by Gasteiger charge is 2.30. The third kappa shape index (κ3) is 6.24. The van der Waals surface area contributed by atoms with Crippen molar-refractivity contribution in [2.24, 2.45) is 0 Å². The number of pyridine rings is 1. The third-order valence-corrected chi connectivity index (χ3v) is 6.57. The SMILES string of the molecule is CS(=O)(=O)CCOc1cc2nccc(C3C=CC(NC(=O)Nc4ccc(F)cc4F)=C(F)C3=O)c2cc1C#N. The van der Waals surface area contributed by atoms with Gasteiger partial charge in [-0.05, 0) is 35.9 Å². The van der Waals surface area contributed by atoms with E-state index in [9.17, 15) is 32.0 Å². The first-order valence-corrected chi connectivity index (χ1v) is 13.3. The van der Waals surface area contributed by atoms with Gasteiger partial charge in [-0.3, -0.25) is 9.78 Å². The molecule has 4 rings (SSSR count). The largest absolute Gasteiger partial charge is 0.491 e. The van der Waals surface area contributed by atoms with Gasteiger partial charge in [0.2, 0.25) is 5.78 Å². The van der Waals surface area contributed by atoms with E-state index in [0.717, 1.165) is 18.4 Å². The molecule has 2 amide bonds. The lowest BCUT2D eigenvalue weighted by atomic mass is 9.87. The van der Waals surface area contributed by atoms with Crippen LogP contribution >= 0.6 is 0 Å². The van der Waals surface area contributed by atoms with Crippen LogP contribution in [0.3, 0.4) is 0 Å². The molecule has 0 fully saturated rings. The van der Waals surface area contributed by atoms with E-state index < -0.39 is 50.7 Å². The zero-order chi connectivity index (χ0) is 28.3. The van der Waals surface area contributed by atoms with Crippen molar-refractivity contribution < 1.29 is 35.9 Å². The Hall–Kier alpha value is -4.70. The Kier molecular flexibility index (Phi) is 7.68. The topological polar surface area (TPSA) is 138 Å². The molecule has 1 atom stereocenters. The number of nitriles is 1. The molecule has 1 aromatic heterocycles. The van der Waals surface area contributed by atoms with Gasteiger partial charge in [0, 0.05) is 30.0 Å². The summed E-state index contributed by atoms with van der Waals surface area (Å²) in [5, 5.41) is 14.2. The number of urea groups is 1. The fourth-order valence-corrected chi connectivity index (χ4v) is 4.19. The Morgan fingerprint density at radius 1 is 1.15 bits per heavy atom. The van der Waals surface area contributed by atoms with Gasteiger partial charge in [0.05, 0.1) is 34.1 Å². The number of carbonyl (C=O) groups is 2. The number of ketones is 1. The molecule has 0 radical (unpaired) electrons. The van der Waals surface area contributed by atoms with E-state index in [0.29, 0.717) is 22.5 Å². The highest BCUT2D eigenvalue weighted by molar-refractivity contribution is 7.90. The van der Waals surface area contributed by atoms with Gasteiger partial charge in [-0.2, -0.15) is 5.26 Å². The first-order valence-electron chi connectivity index (χ1n) is 11.3. The number of carbonyl (C=O) groups excluding carboxylic acids is 2. The minimum atomic E-state index is -3.29. The van der Waals surface area contributed by atoms with Crippen LogP contribution in [0.15, 0.2) is 66.3 Å². The summed E-state index contributed by atoms with van der Waals surface area (Å²) >= 11 is 0. The molecule has 39 heavy (non-hydrogen) atoms. The van der Waals surface area contributed by atoms with Gasteiger partial charge in [-0.25, -0.2) is 26.4 Å². The lowest BCUT2D eigenvalue weighted by Crippen LogP contribution is -2.31. The minimum absolute atomic E-state index is 0.0561. The van der Waals surface area contributed by atoms with E-state index in [-0.39, 0.29) is 29.4 Å². The molecule has 0 spiro atoms. The van der Waals surface area contributed by atoms with Crippen molar-refractivity contribution in [1.82, 2.24) is 10.3 Å². The van der Waals surface area contributed by atoms with Crippen LogP contribution in [-0.2, 0) is 14.6 Å². The number of Topliss-reactive ketones (excluding diaryl/α,β-unsaturated/α-hetero) is 1. The molecule has 2 aromatic carbocycles. The molecule has 0 saturated heterocycles. The van der Waals surface area contributed by atoms with Crippen molar-refractivity contribution in [3.63, 3.8) is 0 Å². The number of hydrogen-bond donors (Lipinski definition) is 2. The van der Waals surface area contributed by atoms with Crippen molar-refractivity contribution in [3.8, 4) is 11.8 Å². The van der Waals surface area contributed by atoms with Gasteiger partial charge < -0.3 is 15.4 Å². The number of fused-ring (bicyclic) bond motifs is 1. The van der Waals surface area contributed by atoms with E-state index in [1.54, 1.807) is 0 Å². The number of sulfone groups is 1. The minimum Gasteiger partial charge on any atom is -0.491 e. The molecule has 0 saturated carbocycles. The number of aromatic nitrogens is 1. The summed E-state index contributed by atoms with van der Waals surface area (Å²) in [7, 11) is -3.29. The number of hydrogen-bond acceptors (Lipinski definition) is 7. The Labute approximate surface area is 220 Å². The Balaban J connectivity index is 1.56. The standard InChI is InChI=1S/C26H19F3N4O5S/c1-39(36,37)9-8-38-23-12-22-18(10-14(23)13-30)16(6-7-31-22)17-3-5-21(24(29)25(17)34)33-26(35)32-20-4-2-15(27)11-19(20)28/h2-7,10-12,17H,8-9H2,1H3,(H2,32,33,35). The first kappa shape index (κ1) is 27.3. The maximum absolute atomic E-state index is 15.0. The summed E-state index contributed by atoms with van der Waals surface area (Å²) in [4.78, 5) is 29.4. The zero-order valence-corrected chi connectivity index (χ0v) is 21.0. The Bertz CT molecular complexity index is 1710. The molecule has 13 heteroatoms. The number of nitrogens with one attached hydrogen (secondary N) is 2. The van der Waals surface area contributed by atoms with Crippen LogP contribution in [-0.4, -0.2) is 43.8 Å². The number of rotatable bonds is 7. The highest BCUT2D eigenvalue weighted by Crippen LogP contribution is 2.35. The quantitative estimate of drug-likeness (QED) is 0.448. The number of halogens is 3. The monoisotopic (exact) mass is 556 g/mol. The third-order valence-electron chi connectivity index (χ3n) is 5.66. The summed E-state index contributed by atoms with van der Waals surface area (Å²) in [6, 6.07) is 7.68.